The molecule has 0 aliphatic rings. The van der Waals surface area contributed by atoms with Gasteiger partial charge < -0.3 is 9.47 Å². The summed E-state index contributed by atoms with van der Waals surface area (Å²) in [7, 11) is 0. The molecule has 0 rings (SSSR count). The van der Waals surface area contributed by atoms with Crippen molar-refractivity contribution in [1.82, 2.24) is 0 Å². The molecule has 22 heavy (non-hydrogen) atoms. The molecule has 0 aromatic carbocycles. The van der Waals surface area contributed by atoms with Crippen molar-refractivity contribution in [2.75, 3.05) is 0 Å². The highest BCUT2D eigenvalue weighted by atomic mass is 16.6. The fraction of sp³-hybridized carbons (Fsp3) is 0.750. The molecule has 0 amide bonds. The van der Waals surface area contributed by atoms with E-state index in [0.717, 1.165) is 32.1 Å². The lowest BCUT2D eigenvalue weighted by Gasteiger charge is -2.05. The number of rotatable bonds is 11. The Morgan fingerprint density at radius 3 is 1.64 bits per heavy atom. The van der Waals surface area contributed by atoms with Crippen LogP contribution in [0.2, 0.25) is 0 Å². The Kier molecular flexibility index (Phi) is 12.0. The molecule has 6 nitrogen and oxygen atoms in total. The van der Waals surface area contributed by atoms with Gasteiger partial charge in [-0.2, -0.15) is 0 Å². The van der Waals surface area contributed by atoms with Crippen LogP contribution in [0.5, 0.6) is 0 Å². The Hall–Kier alpha value is -1.72. The van der Waals surface area contributed by atoms with E-state index in [9.17, 15) is 14.4 Å². The Balaban J connectivity index is 3.78. The second-order valence-electron chi connectivity index (χ2n) is 5.16. The maximum atomic E-state index is 11.4. The molecule has 0 aliphatic carbocycles. The predicted octanol–water partition coefficient (Wildman–Crippen LogP) is 3.52. The minimum atomic E-state index is -0.687. The number of nitrogens with one attached hydrogen (secondary N) is 1. The van der Waals surface area contributed by atoms with E-state index < -0.39 is 17.9 Å². The quantitative estimate of drug-likeness (QED) is 0.207. The zero-order valence-corrected chi connectivity index (χ0v) is 13.6. The lowest BCUT2D eigenvalue weighted by molar-refractivity contribution is -0.159. The maximum Gasteiger partial charge on any atom is 0.313 e. The van der Waals surface area contributed by atoms with Gasteiger partial charge in [-0.3, -0.25) is 19.8 Å². The van der Waals surface area contributed by atoms with E-state index in [1.54, 1.807) is 0 Å². The summed E-state index contributed by atoms with van der Waals surface area (Å²) in [5.74, 6) is -1.95. The van der Waals surface area contributed by atoms with E-state index >= 15 is 0 Å². The van der Waals surface area contributed by atoms with Crippen LogP contribution in [0.3, 0.4) is 0 Å². The van der Waals surface area contributed by atoms with Crippen LogP contribution >= 0.6 is 0 Å². The zero-order chi connectivity index (χ0) is 16.8. The summed E-state index contributed by atoms with van der Waals surface area (Å²) in [6.07, 6.45) is 5.60. The van der Waals surface area contributed by atoms with Gasteiger partial charge in [-0.05, 0) is 12.8 Å². The highest BCUT2D eigenvalue weighted by Crippen LogP contribution is 2.05. The molecule has 0 spiro atoms. The van der Waals surface area contributed by atoms with Gasteiger partial charge in [0.25, 0.3) is 0 Å². The first-order valence-electron chi connectivity index (χ1n) is 8.01. The molecule has 6 heteroatoms. The number of hydrogen-bond donors (Lipinski definition) is 1. The first-order chi connectivity index (χ1) is 10.5. The maximum absolute atomic E-state index is 11.4. The average molecular weight is 313 g/mol. The van der Waals surface area contributed by atoms with Crippen LogP contribution in [0.4, 0.5) is 0 Å². The largest absolute Gasteiger partial charge is 0.412 e. The molecule has 0 atom stereocenters. The number of ether oxygens (including phenoxy) is 2. The molecule has 0 saturated carbocycles. The summed E-state index contributed by atoms with van der Waals surface area (Å²) in [6, 6.07) is 0. The third-order valence-corrected chi connectivity index (χ3v) is 2.99. The van der Waals surface area contributed by atoms with Gasteiger partial charge in [0.1, 0.15) is 0 Å². The molecule has 0 aliphatic heterocycles. The molecule has 0 unspecified atom stereocenters. The Morgan fingerprint density at radius 1 is 0.682 bits per heavy atom. The van der Waals surface area contributed by atoms with Crippen molar-refractivity contribution in [2.24, 2.45) is 0 Å². The average Bonchev–Trinajstić information content (AvgIpc) is 2.45. The van der Waals surface area contributed by atoms with Crippen LogP contribution in [0.25, 0.3) is 0 Å². The van der Waals surface area contributed by atoms with Crippen molar-refractivity contribution in [3.05, 3.63) is 0 Å². The van der Waals surface area contributed by atoms with E-state index in [2.05, 4.69) is 4.74 Å². The van der Waals surface area contributed by atoms with Crippen molar-refractivity contribution in [1.29, 1.82) is 5.41 Å². The lowest BCUT2D eigenvalue weighted by Crippen LogP contribution is -2.16. The molecule has 0 bridgehead atoms. The van der Waals surface area contributed by atoms with E-state index in [1.165, 1.54) is 0 Å². The Morgan fingerprint density at radius 2 is 1.14 bits per heavy atom. The molecule has 0 radical (unpaired) electrons. The second kappa shape index (κ2) is 13.0. The number of carbonyl (C=O) groups is 3. The van der Waals surface area contributed by atoms with Crippen molar-refractivity contribution in [3.63, 3.8) is 0 Å². The summed E-state index contributed by atoms with van der Waals surface area (Å²) >= 11 is 0. The van der Waals surface area contributed by atoms with Crippen LogP contribution in [-0.4, -0.2) is 23.8 Å². The van der Waals surface area contributed by atoms with Gasteiger partial charge in [-0.25, -0.2) is 0 Å². The smallest absolute Gasteiger partial charge is 0.313 e. The normalized spacial score (nSPS) is 10.1. The number of hydrogen-bond acceptors (Lipinski definition) is 6. The summed E-state index contributed by atoms with van der Waals surface area (Å²) in [4.78, 5) is 34.1. The molecule has 126 valence electrons. The topological polar surface area (TPSA) is 93.5 Å². The minimum Gasteiger partial charge on any atom is -0.412 e. The molecular weight excluding hydrogens is 286 g/mol. The van der Waals surface area contributed by atoms with E-state index in [-0.39, 0.29) is 31.6 Å². The van der Waals surface area contributed by atoms with Crippen molar-refractivity contribution >= 4 is 23.8 Å². The Labute approximate surface area is 132 Å². The summed E-state index contributed by atoms with van der Waals surface area (Å²) in [5.41, 5.74) is 0. The fourth-order valence-electron chi connectivity index (χ4n) is 1.72. The van der Waals surface area contributed by atoms with Crippen LogP contribution in [0.1, 0.15) is 78.1 Å². The summed E-state index contributed by atoms with van der Waals surface area (Å²) in [6.45, 7) is 4.05. The third kappa shape index (κ3) is 12.1. The predicted molar refractivity (Wildman–Crippen MR) is 82.4 cm³/mol. The highest BCUT2D eigenvalue weighted by Gasteiger charge is 2.13. The van der Waals surface area contributed by atoms with Crippen LogP contribution in [-0.2, 0) is 23.9 Å². The zero-order valence-electron chi connectivity index (χ0n) is 13.6. The molecule has 0 saturated heterocycles. The monoisotopic (exact) mass is 313 g/mol. The number of esters is 3. The molecule has 0 aromatic rings. The second-order valence-corrected chi connectivity index (χ2v) is 5.16. The first kappa shape index (κ1) is 20.3. The van der Waals surface area contributed by atoms with E-state index in [1.807, 2.05) is 13.8 Å². The minimum absolute atomic E-state index is 0.0411. The van der Waals surface area contributed by atoms with Gasteiger partial charge in [0.05, 0.1) is 6.42 Å². The van der Waals surface area contributed by atoms with Crippen LogP contribution in [0, 0.1) is 5.41 Å². The van der Waals surface area contributed by atoms with Gasteiger partial charge in [-0.15, -0.1) is 0 Å². The van der Waals surface area contributed by atoms with Crippen molar-refractivity contribution in [3.8, 4) is 0 Å². The number of unbranched alkanes of at least 4 members (excludes halogenated alkanes) is 4. The summed E-state index contributed by atoms with van der Waals surface area (Å²) in [5, 5.41) is 7.48. The lowest BCUT2D eigenvalue weighted by atomic mass is 10.2. The van der Waals surface area contributed by atoms with Gasteiger partial charge in [0.2, 0.25) is 0 Å². The fourth-order valence-corrected chi connectivity index (χ4v) is 1.72. The highest BCUT2D eigenvalue weighted by molar-refractivity contribution is 5.90. The molecule has 0 aromatic heterocycles. The van der Waals surface area contributed by atoms with Gasteiger partial charge in [-0.1, -0.05) is 39.5 Å². The SMILES string of the molecule is CCCCCC(=O)OC(=N)CCC(=O)OC(=O)CCCCC. The third-order valence-electron chi connectivity index (χ3n) is 2.99. The first-order valence-corrected chi connectivity index (χ1v) is 8.01. The van der Waals surface area contributed by atoms with Gasteiger partial charge in [0, 0.05) is 19.3 Å². The summed E-state index contributed by atoms with van der Waals surface area (Å²) < 4.78 is 9.40. The number of carbonyl (C=O) groups excluding carboxylic acids is 3. The van der Waals surface area contributed by atoms with Gasteiger partial charge in [0.15, 0.2) is 5.90 Å². The molecular formula is C16H27NO5. The Bertz CT molecular complexity index is 343. The molecule has 1 N–H and O–H groups in total. The van der Waals surface area contributed by atoms with Crippen LogP contribution < -0.4 is 0 Å². The molecule has 0 fully saturated rings. The standard InChI is InChI=1S/C16H27NO5/c1-3-5-7-9-14(18)21-13(17)11-12-16(20)22-15(19)10-8-6-4-2/h17H,3-12H2,1-2H3. The van der Waals surface area contributed by atoms with Crippen molar-refractivity contribution < 1.29 is 23.9 Å². The van der Waals surface area contributed by atoms with E-state index in [4.69, 9.17) is 10.1 Å². The van der Waals surface area contributed by atoms with Crippen molar-refractivity contribution in [2.45, 2.75) is 78.1 Å². The van der Waals surface area contributed by atoms with E-state index in [0.29, 0.717) is 6.42 Å². The van der Waals surface area contributed by atoms with Gasteiger partial charge >= 0.3 is 17.9 Å². The van der Waals surface area contributed by atoms with Crippen LogP contribution in [0.15, 0.2) is 0 Å². The molecule has 0 heterocycles.